The van der Waals surface area contributed by atoms with Crippen LogP contribution in [-0.2, 0) is 14.8 Å². The lowest BCUT2D eigenvalue weighted by atomic mass is 10.2. The SMILES string of the molecule is CC[C@H]1CN(S(=O)(=O)c2ccc(C#N)c(Cl)c2)CCO1. The van der Waals surface area contributed by atoms with E-state index in [9.17, 15) is 8.42 Å². The van der Waals surface area contributed by atoms with E-state index in [4.69, 9.17) is 21.6 Å². The van der Waals surface area contributed by atoms with Crippen LogP contribution in [0.3, 0.4) is 0 Å². The maximum atomic E-state index is 12.5. The molecule has 0 radical (unpaired) electrons. The van der Waals surface area contributed by atoms with Crippen LogP contribution in [0.1, 0.15) is 18.9 Å². The number of benzene rings is 1. The largest absolute Gasteiger partial charge is 0.375 e. The highest BCUT2D eigenvalue weighted by molar-refractivity contribution is 7.89. The van der Waals surface area contributed by atoms with Crippen LogP contribution in [0.5, 0.6) is 0 Å². The van der Waals surface area contributed by atoms with Crippen LogP contribution in [0.15, 0.2) is 23.1 Å². The zero-order valence-electron chi connectivity index (χ0n) is 11.0. The van der Waals surface area contributed by atoms with Crippen LogP contribution < -0.4 is 0 Å². The van der Waals surface area contributed by atoms with Crippen molar-refractivity contribution < 1.29 is 13.2 Å². The maximum absolute atomic E-state index is 12.5. The fourth-order valence-corrected chi connectivity index (χ4v) is 3.82. The molecule has 0 aliphatic carbocycles. The average molecular weight is 315 g/mol. The number of halogens is 1. The molecule has 2 rings (SSSR count). The Morgan fingerprint density at radius 1 is 1.55 bits per heavy atom. The molecule has 1 aromatic rings. The molecule has 0 N–H and O–H groups in total. The number of morpholine rings is 1. The molecule has 0 bridgehead atoms. The number of nitrogens with zero attached hydrogens (tertiary/aromatic N) is 2. The molecule has 5 nitrogen and oxygen atoms in total. The van der Waals surface area contributed by atoms with Crippen LogP contribution in [0, 0.1) is 11.3 Å². The summed E-state index contributed by atoms with van der Waals surface area (Å²) >= 11 is 5.90. The first-order valence-electron chi connectivity index (χ1n) is 6.30. The molecular weight excluding hydrogens is 300 g/mol. The fourth-order valence-electron chi connectivity index (χ4n) is 2.05. The smallest absolute Gasteiger partial charge is 0.243 e. The number of sulfonamides is 1. The number of hydrogen-bond donors (Lipinski definition) is 0. The monoisotopic (exact) mass is 314 g/mol. The molecule has 0 amide bonds. The number of rotatable bonds is 3. The van der Waals surface area contributed by atoms with Gasteiger partial charge in [0.2, 0.25) is 10.0 Å². The molecule has 1 saturated heterocycles. The van der Waals surface area contributed by atoms with Crippen molar-refractivity contribution in [3.63, 3.8) is 0 Å². The molecule has 1 aliphatic heterocycles. The molecule has 1 aliphatic rings. The number of hydrogen-bond acceptors (Lipinski definition) is 4. The van der Waals surface area contributed by atoms with Crippen molar-refractivity contribution in [3.05, 3.63) is 28.8 Å². The predicted molar refractivity (Wildman–Crippen MR) is 75.0 cm³/mol. The van der Waals surface area contributed by atoms with Gasteiger partial charge in [-0.05, 0) is 24.6 Å². The molecule has 1 aromatic carbocycles. The zero-order chi connectivity index (χ0) is 14.8. The normalized spacial score (nSPS) is 20.6. The maximum Gasteiger partial charge on any atom is 0.243 e. The first-order chi connectivity index (χ1) is 9.48. The van der Waals surface area contributed by atoms with Gasteiger partial charge in [-0.15, -0.1) is 0 Å². The molecule has 1 atom stereocenters. The Morgan fingerprint density at radius 3 is 2.90 bits per heavy atom. The van der Waals surface area contributed by atoms with Crippen molar-refractivity contribution in [3.8, 4) is 6.07 Å². The second-order valence-corrected chi connectivity index (χ2v) is 6.86. The third-order valence-corrected chi connectivity index (χ3v) is 5.43. The third kappa shape index (κ3) is 2.96. The summed E-state index contributed by atoms with van der Waals surface area (Å²) in [5.74, 6) is 0. The van der Waals surface area contributed by atoms with Gasteiger partial charge < -0.3 is 4.74 Å². The quantitative estimate of drug-likeness (QED) is 0.855. The molecule has 7 heteroatoms. The Kier molecular flexibility index (Phi) is 4.66. The second kappa shape index (κ2) is 6.10. The Labute approximate surface area is 123 Å². The van der Waals surface area contributed by atoms with E-state index >= 15 is 0 Å². The fraction of sp³-hybridized carbons (Fsp3) is 0.462. The molecule has 108 valence electrons. The van der Waals surface area contributed by atoms with Crippen LogP contribution in [0.2, 0.25) is 5.02 Å². The van der Waals surface area contributed by atoms with E-state index in [2.05, 4.69) is 0 Å². The van der Waals surface area contributed by atoms with E-state index < -0.39 is 10.0 Å². The highest BCUT2D eigenvalue weighted by Gasteiger charge is 2.30. The lowest BCUT2D eigenvalue weighted by molar-refractivity contribution is -0.00277. The Hall–Kier alpha value is -1.13. The third-order valence-electron chi connectivity index (χ3n) is 3.26. The summed E-state index contributed by atoms with van der Waals surface area (Å²) in [4.78, 5) is 0.109. The molecule has 1 fully saturated rings. The van der Waals surface area contributed by atoms with Gasteiger partial charge in [0.1, 0.15) is 6.07 Å². The summed E-state index contributed by atoms with van der Waals surface area (Å²) in [5.41, 5.74) is 0.263. The first kappa shape index (κ1) is 15.3. The minimum absolute atomic E-state index is 0.0765. The standard InChI is InChI=1S/C13H15ClN2O3S/c1-2-11-9-16(5-6-19-11)20(17,18)12-4-3-10(8-15)13(14)7-12/h3-4,7,11H,2,5-6,9H2,1H3/t11-/m0/s1. The molecule has 1 heterocycles. The van der Waals surface area contributed by atoms with Gasteiger partial charge in [-0.2, -0.15) is 9.57 Å². The Balaban J connectivity index is 2.31. The molecule has 0 unspecified atom stereocenters. The van der Waals surface area contributed by atoms with Gasteiger partial charge in [0.25, 0.3) is 0 Å². The molecular formula is C13H15ClN2O3S. The van der Waals surface area contributed by atoms with Crippen molar-refractivity contribution in [1.29, 1.82) is 5.26 Å². The summed E-state index contributed by atoms with van der Waals surface area (Å²) < 4.78 is 31.9. The van der Waals surface area contributed by atoms with E-state index in [1.165, 1.54) is 22.5 Å². The van der Waals surface area contributed by atoms with E-state index in [1.807, 2.05) is 13.0 Å². The van der Waals surface area contributed by atoms with Crippen molar-refractivity contribution in [1.82, 2.24) is 4.31 Å². The van der Waals surface area contributed by atoms with Crippen molar-refractivity contribution >= 4 is 21.6 Å². The number of ether oxygens (including phenoxy) is 1. The minimum atomic E-state index is -3.59. The lowest BCUT2D eigenvalue weighted by Gasteiger charge is -2.31. The molecule has 0 aromatic heterocycles. The van der Waals surface area contributed by atoms with Gasteiger partial charge in [0.05, 0.1) is 28.2 Å². The van der Waals surface area contributed by atoms with E-state index in [1.54, 1.807) is 0 Å². The van der Waals surface area contributed by atoms with Crippen LogP contribution in [0.25, 0.3) is 0 Å². The van der Waals surface area contributed by atoms with Gasteiger partial charge in [-0.1, -0.05) is 18.5 Å². The van der Waals surface area contributed by atoms with Crippen LogP contribution in [0.4, 0.5) is 0 Å². The average Bonchev–Trinajstić information content (AvgIpc) is 2.47. The minimum Gasteiger partial charge on any atom is -0.375 e. The summed E-state index contributed by atoms with van der Waals surface area (Å²) in [6.45, 7) is 3.02. The Bertz CT molecular complexity index is 640. The van der Waals surface area contributed by atoms with Gasteiger partial charge in [0, 0.05) is 13.1 Å². The van der Waals surface area contributed by atoms with Crippen LogP contribution >= 0.6 is 11.6 Å². The van der Waals surface area contributed by atoms with Gasteiger partial charge in [-0.25, -0.2) is 8.42 Å². The van der Waals surface area contributed by atoms with Gasteiger partial charge >= 0.3 is 0 Å². The highest BCUT2D eigenvalue weighted by Crippen LogP contribution is 2.24. The van der Waals surface area contributed by atoms with E-state index in [-0.39, 0.29) is 21.6 Å². The Morgan fingerprint density at radius 2 is 2.30 bits per heavy atom. The lowest BCUT2D eigenvalue weighted by Crippen LogP contribution is -2.45. The highest BCUT2D eigenvalue weighted by atomic mass is 35.5. The van der Waals surface area contributed by atoms with Crippen molar-refractivity contribution in [2.75, 3.05) is 19.7 Å². The second-order valence-electron chi connectivity index (χ2n) is 4.52. The molecule has 0 spiro atoms. The van der Waals surface area contributed by atoms with E-state index in [0.717, 1.165) is 6.42 Å². The predicted octanol–water partition coefficient (Wildman–Crippen LogP) is 2.01. The van der Waals surface area contributed by atoms with Crippen LogP contribution in [-0.4, -0.2) is 38.5 Å². The van der Waals surface area contributed by atoms with Crippen molar-refractivity contribution in [2.45, 2.75) is 24.3 Å². The molecule has 0 saturated carbocycles. The summed E-state index contributed by atoms with van der Waals surface area (Å²) in [6, 6.07) is 6.07. The topological polar surface area (TPSA) is 70.4 Å². The summed E-state index contributed by atoms with van der Waals surface area (Å²) in [5, 5.41) is 8.96. The summed E-state index contributed by atoms with van der Waals surface area (Å²) in [6.07, 6.45) is 0.688. The van der Waals surface area contributed by atoms with E-state index in [0.29, 0.717) is 19.7 Å². The summed E-state index contributed by atoms with van der Waals surface area (Å²) in [7, 11) is -3.59. The number of nitriles is 1. The molecule has 20 heavy (non-hydrogen) atoms. The zero-order valence-corrected chi connectivity index (χ0v) is 12.6. The first-order valence-corrected chi connectivity index (χ1v) is 8.12. The van der Waals surface area contributed by atoms with Gasteiger partial charge in [0.15, 0.2) is 0 Å². The van der Waals surface area contributed by atoms with Gasteiger partial charge in [-0.3, -0.25) is 0 Å². The van der Waals surface area contributed by atoms with Crippen molar-refractivity contribution in [2.24, 2.45) is 0 Å².